The van der Waals surface area contributed by atoms with Crippen molar-refractivity contribution in [2.75, 3.05) is 13.6 Å². The summed E-state index contributed by atoms with van der Waals surface area (Å²) in [5.74, 6) is -1.12. The number of carboxylic acid groups (broad SMARTS) is 1. The Bertz CT molecular complexity index is 592. The van der Waals surface area contributed by atoms with Gasteiger partial charge in [0.05, 0.1) is 5.56 Å². The maximum atomic E-state index is 12.1. The van der Waals surface area contributed by atoms with E-state index in [-0.39, 0.29) is 15.8 Å². The van der Waals surface area contributed by atoms with Crippen molar-refractivity contribution in [1.29, 1.82) is 0 Å². The maximum absolute atomic E-state index is 12.1. The first-order valence-corrected chi connectivity index (χ1v) is 8.71. The van der Waals surface area contributed by atoms with E-state index in [1.807, 2.05) is 14.0 Å². The largest absolute Gasteiger partial charge is 0.478 e. The molecule has 1 aliphatic rings. The van der Waals surface area contributed by atoms with Gasteiger partial charge < -0.3 is 5.11 Å². The van der Waals surface area contributed by atoms with Crippen LogP contribution < -0.4 is 4.72 Å². The summed E-state index contributed by atoms with van der Waals surface area (Å²) < 4.78 is 26.7. The van der Waals surface area contributed by atoms with Gasteiger partial charge in [-0.2, -0.15) is 0 Å². The highest BCUT2D eigenvalue weighted by Gasteiger charge is 2.29. The molecule has 0 spiro atoms. The Balaban J connectivity index is 1.97. The zero-order valence-electron chi connectivity index (χ0n) is 11.4. The Morgan fingerprint density at radius 1 is 1.60 bits per heavy atom. The zero-order valence-corrected chi connectivity index (χ0v) is 13.0. The van der Waals surface area contributed by atoms with Gasteiger partial charge in [0.25, 0.3) is 0 Å². The quantitative estimate of drug-likeness (QED) is 0.789. The Morgan fingerprint density at radius 3 is 2.75 bits per heavy atom. The van der Waals surface area contributed by atoms with Gasteiger partial charge in [-0.05, 0) is 32.9 Å². The molecule has 0 radical (unpaired) electrons. The van der Waals surface area contributed by atoms with Crippen LogP contribution in [0.4, 0.5) is 0 Å². The minimum atomic E-state index is -3.63. The van der Waals surface area contributed by atoms with Crippen molar-refractivity contribution in [2.24, 2.45) is 0 Å². The monoisotopic (exact) mass is 318 g/mol. The predicted molar refractivity (Wildman–Crippen MR) is 76.7 cm³/mol. The van der Waals surface area contributed by atoms with Crippen molar-refractivity contribution in [3.63, 3.8) is 0 Å². The molecule has 6 nitrogen and oxygen atoms in total. The van der Waals surface area contributed by atoms with Crippen LogP contribution in [0.25, 0.3) is 0 Å². The van der Waals surface area contributed by atoms with Crippen LogP contribution in [-0.2, 0) is 10.0 Å². The lowest BCUT2D eigenvalue weighted by molar-refractivity contribution is 0.0697. The second-order valence-electron chi connectivity index (χ2n) is 5.06. The van der Waals surface area contributed by atoms with Gasteiger partial charge in [0, 0.05) is 24.0 Å². The highest BCUT2D eigenvalue weighted by Crippen LogP contribution is 2.27. The zero-order chi connectivity index (χ0) is 14.9. The van der Waals surface area contributed by atoms with E-state index >= 15 is 0 Å². The summed E-state index contributed by atoms with van der Waals surface area (Å²) in [4.78, 5) is 12.9. The van der Waals surface area contributed by atoms with Crippen molar-refractivity contribution < 1.29 is 18.3 Å². The van der Waals surface area contributed by atoms with Gasteiger partial charge in [-0.1, -0.05) is 0 Å². The van der Waals surface area contributed by atoms with E-state index in [0.29, 0.717) is 12.6 Å². The number of carboxylic acids is 1. The lowest BCUT2D eigenvalue weighted by Crippen LogP contribution is -2.40. The van der Waals surface area contributed by atoms with Crippen LogP contribution in [-0.4, -0.2) is 50.1 Å². The third-order valence-corrected chi connectivity index (χ3v) is 6.34. The van der Waals surface area contributed by atoms with Gasteiger partial charge in [-0.15, -0.1) is 11.3 Å². The van der Waals surface area contributed by atoms with Gasteiger partial charge in [-0.3, -0.25) is 4.90 Å². The van der Waals surface area contributed by atoms with E-state index < -0.39 is 16.0 Å². The summed E-state index contributed by atoms with van der Waals surface area (Å²) in [6, 6.07) is 1.86. The van der Waals surface area contributed by atoms with Crippen LogP contribution >= 0.6 is 11.3 Å². The van der Waals surface area contributed by atoms with Gasteiger partial charge in [-0.25, -0.2) is 17.9 Å². The second-order valence-corrected chi connectivity index (χ2v) is 7.96. The summed E-state index contributed by atoms with van der Waals surface area (Å²) in [5.41, 5.74) is -0.00137. The molecule has 1 fully saturated rings. The number of hydrogen-bond acceptors (Lipinski definition) is 5. The number of hydrogen-bond donors (Lipinski definition) is 2. The Hall–Kier alpha value is -0.960. The molecule has 0 aliphatic heterocycles. The molecular weight excluding hydrogens is 300 g/mol. The van der Waals surface area contributed by atoms with Gasteiger partial charge >= 0.3 is 5.97 Å². The average molecular weight is 318 g/mol. The summed E-state index contributed by atoms with van der Waals surface area (Å²) >= 11 is 0.919. The standard InChI is InChI=1S/C12H18N2O4S2/c1-8(14(2)10-3-4-10)6-13-20(17,18)11-5-9(7-19-11)12(15)16/h5,7-8,10,13H,3-4,6H2,1-2H3,(H,15,16). The van der Waals surface area contributed by atoms with Crippen LogP contribution in [0.1, 0.15) is 30.1 Å². The second kappa shape index (κ2) is 5.80. The molecule has 1 aliphatic carbocycles. The fourth-order valence-corrected chi connectivity index (χ4v) is 4.18. The lowest BCUT2D eigenvalue weighted by atomic mass is 10.3. The molecule has 2 N–H and O–H groups in total. The highest BCUT2D eigenvalue weighted by atomic mass is 32.2. The number of aromatic carboxylic acids is 1. The smallest absolute Gasteiger partial charge is 0.336 e. The number of nitrogens with one attached hydrogen (secondary N) is 1. The fourth-order valence-electron chi connectivity index (χ4n) is 1.86. The Labute approximate surface area is 122 Å². The molecule has 1 saturated carbocycles. The predicted octanol–water partition coefficient (Wildman–Crippen LogP) is 1.21. The number of likely N-dealkylation sites (N-methyl/N-ethyl adjacent to an activating group) is 1. The average Bonchev–Trinajstić information content (AvgIpc) is 3.10. The summed E-state index contributed by atoms with van der Waals surface area (Å²) in [6.07, 6.45) is 2.33. The van der Waals surface area contributed by atoms with Crippen molar-refractivity contribution in [3.05, 3.63) is 17.0 Å². The Morgan fingerprint density at radius 2 is 2.25 bits per heavy atom. The van der Waals surface area contributed by atoms with E-state index in [1.54, 1.807) is 0 Å². The first-order valence-electron chi connectivity index (χ1n) is 6.34. The van der Waals surface area contributed by atoms with E-state index in [0.717, 1.165) is 11.3 Å². The number of sulfonamides is 1. The maximum Gasteiger partial charge on any atom is 0.336 e. The summed E-state index contributed by atoms with van der Waals surface area (Å²) in [5, 5.41) is 10.1. The molecule has 8 heteroatoms. The van der Waals surface area contributed by atoms with Crippen LogP contribution in [0.2, 0.25) is 0 Å². The number of rotatable bonds is 7. The van der Waals surface area contributed by atoms with E-state index in [1.165, 1.54) is 24.3 Å². The van der Waals surface area contributed by atoms with Crippen LogP contribution in [0, 0.1) is 0 Å². The molecule has 2 rings (SSSR count). The molecule has 0 aromatic carbocycles. The van der Waals surface area contributed by atoms with Crippen LogP contribution in [0.3, 0.4) is 0 Å². The minimum Gasteiger partial charge on any atom is -0.478 e. The van der Waals surface area contributed by atoms with Crippen LogP contribution in [0.15, 0.2) is 15.7 Å². The molecule has 1 aromatic heterocycles. The number of carbonyl (C=O) groups is 1. The molecule has 0 amide bonds. The summed E-state index contributed by atoms with van der Waals surface area (Å²) in [7, 11) is -1.64. The minimum absolute atomic E-state index is 0.00137. The molecule has 20 heavy (non-hydrogen) atoms. The first kappa shape index (κ1) is 15.4. The molecule has 1 unspecified atom stereocenters. The first-order chi connectivity index (χ1) is 9.31. The molecule has 0 saturated heterocycles. The molecule has 1 heterocycles. The van der Waals surface area contributed by atoms with E-state index in [4.69, 9.17) is 5.11 Å². The normalized spacial score (nSPS) is 17.4. The SMILES string of the molecule is CC(CNS(=O)(=O)c1cc(C(=O)O)cs1)N(C)C1CC1. The molecule has 112 valence electrons. The van der Waals surface area contributed by atoms with Gasteiger partial charge in [0.1, 0.15) is 4.21 Å². The Kier molecular flexibility index (Phi) is 4.48. The number of thiophene rings is 1. The lowest BCUT2D eigenvalue weighted by Gasteiger charge is -2.24. The van der Waals surface area contributed by atoms with Crippen molar-refractivity contribution in [2.45, 2.75) is 36.1 Å². The molecule has 0 bridgehead atoms. The van der Waals surface area contributed by atoms with Crippen molar-refractivity contribution >= 4 is 27.3 Å². The van der Waals surface area contributed by atoms with E-state index in [9.17, 15) is 13.2 Å². The van der Waals surface area contributed by atoms with E-state index in [2.05, 4.69) is 9.62 Å². The fraction of sp³-hybridized carbons (Fsp3) is 0.583. The van der Waals surface area contributed by atoms with Crippen LogP contribution in [0.5, 0.6) is 0 Å². The van der Waals surface area contributed by atoms with Crippen molar-refractivity contribution in [3.8, 4) is 0 Å². The molecular formula is C12H18N2O4S2. The molecule has 1 atom stereocenters. The highest BCUT2D eigenvalue weighted by molar-refractivity contribution is 7.91. The van der Waals surface area contributed by atoms with Crippen molar-refractivity contribution in [1.82, 2.24) is 9.62 Å². The molecule has 1 aromatic rings. The summed E-state index contributed by atoms with van der Waals surface area (Å²) in [6.45, 7) is 2.29. The van der Waals surface area contributed by atoms with Gasteiger partial charge in [0.15, 0.2) is 0 Å². The topological polar surface area (TPSA) is 86.7 Å². The third kappa shape index (κ3) is 3.57. The third-order valence-electron chi connectivity index (χ3n) is 3.47. The van der Waals surface area contributed by atoms with Gasteiger partial charge in [0.2, 0.25) is 10.0 Å². The number of nitrogens with zero attached hydrogens (tertiary/aromatic N) is 1.